The van der Waals surface area contributed by atoms with Crippen molar-refractivity contribution in [1.82, 2.24) is 9.55 Å². The zero-order valence-corrected chi connectivity index (χ0v) is 13.8. The maximum absolute atomic E-state index is 12.6. The van der Waals surface area contributed by atoms with E-state index < -0.39 is 0 Å². The number of hydrogen-bond acceptors (Lipinski definition) is 2. The number of nitrogens with zero attached hydrogens (tertiary/aromatic N) is 2. The monoisotopic (exact) mass is 319 g/mol. The highest BCUT2D eigenvalue weighted by atomic mass is 16.1. The van der Waals surface area contributed by atoms with Crippen molar-refractivity contribution < 1.29 is 4.79 Å². The van der Waals surface area contributed by atoms with Gasteiger partial charge in [0.05, 0.1) is 11.0 Å². The van der Waals surface area contributed by atoms with Crippen LogP contribution >= 0.6 is 0 Å². The van der Waals surface area contributed by atoms with E-state index >= 15 is 0 Å². The van der Waals surface area contributed by atoms with Crippen LogP contribution in [0.1, 0.15) is 24.7 Å². The van der Waals surface area contributed by atoms with E-state index in [2.05, 4.69) is 35.0 Å². The molecule has 0 spiro atoms. The lowest BCUT2D eigenvalue weighted by atomic mass is 9.96. The molecule has 0 fully saturated rings. The van der Waals surface area contributed by atoms with Crippen LogP contribution in [0.2, 0.25) is 0 Å². The molecule has 4 heteroatoms. The van der Waals surface area contributed by atoms with Gasteiger partial charge in [-0.2, -0.15) is 0 Å². The molecule has 1 amide bonds. The van der Waals surface area contributed by atoms with E-state index in [-0.39, 0.29) is 11.8 Å². The SMILES string of the molecule is CCc1ccc(NC(=O)C2CCn3c(nc4ccccc43)C2)cc1. The summed E-state index contributed by atoms with van der Waals surface area (Å²) in [5.41, 5.74) is 4.33. The van der Waals surface area contributed by atoms with Gasteiger partial charge < -0.3 is 9.88 Å². The highest BCUT2D eigenvalue weighted by Gasteiger charge is 2.27. The molecule has 3 aromatic rings. The molecule has 0 aliphatic carbocycles. The van der Waals surface area contributed by atoms with Crippen LogP contribution in [0, 0.1) is 5.92 Å². The third kappa shape index (κ3) is 2.68. The van der Waals surface area contributed by atoms with E-state index in [4.69, 9.17) is 4.98 Å². The molecule has 24 heavy (non-hydrogen) atoms. The van der Waals surface area contributed by atoms with Crippen molar-refractivity contribution in [2.75, 3.05) is 5.32 Å². The predicted molar refractivity (Wildman–Crippen MR) is 96.0 cm³/mol. The van der Waals surface area contributed by atoms with Gasteiger partial charge in [-0.25, -0.2) is 4.98 Å². The summed E-state index contributed by atoms with van der Waals surface area (Å²) < 4.78 is 2.25. The highest BCUT2D eigenvalue weighted by molar-refractivity contribution is 5.92. The van der Waals surface area contributed by atoms with Gasteiger partial charge in [0, 0.05) is 24.6 Å². The molecule has 1 unspecified atom stereocenters. The summed E-state index contributed by atoms with van der Waals surface area (Å²) in [6.45, 7) is 2.98. The van der Waals surface area contributed by atoms with Gasteiger partial charge in [-0.1, -0.05) is 31.2 Å². The van der Waals surface area contributed by atoms with Gasteiger partial charge >= 0.3 is 0 Å². The number of aryl methyl sites for hydroxylation is 2. The third-order valence-corrected chi connectivity index (χ3v) is 4.86. The fourth-order valence-electron chi connectivity index (χ4n) is 3.43. The van der Waals surface area contributed by atoms with Crippen LogP contribution in [0.4, 0.5) is 5.69 Å². The van der Waals surface area contributed by atoms with E-state index in [0.717, 1.165) is 36.4 Å². The number of anilines is 1. The molecule has 4 rings (SSSR count). The summed E-state index contributed by atoms with van der Waals surface area (Å²) >= 11 is 0. The Morgan fingerprint density at radius 1 is 1.21 bits per heavy atom. The molecule has 0 bridgehead atoms. The van der Waals surface area contributed by atoms with Crippen LogP contribution in [0.3, 0.4) is 0 Å². The summed E-state index contributed by atoms with van der Waals surface area (Å²) in [5, 5.41) is 3.05. The van der Waals surface area contributed by atoms with Crippen molar-refractivity contribution in [3.05, 3.63) is 59.9 Å². The minimum atomic E-state index is -0.0137. The molecule has 2 aromatic carbocycles. The Morgan fingerprint density at radius 3 is 2.79 bits per heavy atom. The molecule has 4 nitrogen and oxygen atoms in total. The van der Waals surface area contributed by atoms with Crippen molar-refractivity contribution in [3.8, 4) is 0 Å². The number of carbonyl (C=O) groups excluding carboxylic acids is 1. The molecule has 1 aromatic heterocycles. The Morgan fingerprint density at radius 2 is 2.00 bits per heavy atom. The second-order valence-corrected chi connectivity index (χ2v) is 6.40. The van der Waals surface area contributed by atoms with E-state index in [0.29, 0.717) is 6.42 Å². The number of rotatable bonds is 3. The largest absolute Gasteiger partial charge is 0.328 e. The first-order valence-corrected chi connectivity index (χ1v) is 8.58. The molecule has 122 valence electrons. The number of fused-ring (bicyclic) bond motifs is 3. The molecule has 2 heterocycles. The van der Waals surface area contributed by atoms with Gasteiger partial charge in [-0.15, -0.1) is 0 Å². The van der Waals surface area contributed by atoms with Gasteiger partial charge in [-0.3, -0.25) is 4.79 Å². The number of hydrogen-bond donors (Lipinski definition) is 1. The number of benzene rings is 2. The fourth-order valence-corrected chi connectivity index (χ4v) is 3.43. The molecule has 0 saturated carbocycles. The lowest BCUT2D eigenvalue weighted by molar-refractivity contribution is -0.120. The second-order valence-electron chi connectivity index (χ2n) is 6.40. The normalized spacial score (nSPS) is 16.8. The molecule has 1 aliphatic rings. The predicted octanol–water partition coefficient (Wildman–Crippen LogP) is 3.80. The lowest BCUT2D eigenvalue weighted by Crippen LogP contribution is -2.30. The van der Waals surface area contributed by atoms with Crippen molar-refractivity contribution in [2.45, 2.75) is 32.7 Å². The van der Waals surface area contributed by atoms with Gasteiger partial charge in [0.1, 0.15) is 5.82 Å². The van der Waals surface area contributed by atoms with Crippen molar-refractivity contribution in [3.63, 3.8) is 0 Å². The standard InChI is InChI=1S/C20H21N3O/c1-2-14-7-9-16(10-8-14)21-20(24)15-11-12-23-18-6-4-3-5-17(18)22-19(23)13-15/h3-10,15H,2,11-13H2,1H3,(H,21,24). The van der Waals surface area contributed by atoms with Gasteiger partial charge in [0.2, 0.25) is 5.91 Å². The summed E-state index contributed by atoms with van der Waals surface area (Å²) in [4.78, 5) is 17.3. The summed E-state index contributed by atoms with van der Waals surface area (Å²) in [6.07, 6.45) is 2.56. The molecule has 1 atom stereocenters. The Hall–Kier alpha value is -2.62. The summed E-state index contributed by atoms with van der Waals surface area (Å²) in [7, 11) is 0. The smallest absolute Gasteiger partial charge is 0.228 e. The number of nitrogens with one attached hydrogen (secondary N) is 1. The average molecular weight is 319 g/mol. The van der Waals surface area contributed by atoms with Crippen LogP contribution in [0.15, 0.2) is 48.5 Å². The van der Waals surface area contributed by atoms with Crippen LogP contribution in [-0.4, -0.2) is 15.5 Å². The van der Waals surface area contributed by atoms with Crippen LogP contribution in [0.25, 0.3) is 11.0 Å². The maximum Gasteiger partial charge on any atom is 0.228 e. The number of carbonyl (C=O) groups is 1. The zero-order chi connectivity index (χ0) is 16.5. The van der Waals surface area contributed by atoms with Gasteiger partial charge in [-0.05, 0) is 42.7 Å². The third-order valence-electron chi connectivity index (χ3n) is 4.86. The van der Waals surface area contributed by atoms with E-state index in [1.165, 1.54) is 11.1 Å². The summed E-state index contributed by atoms with van der Waals surface area (Å²) in [5.74, 6) is 1.10. The van der Waals surface area contributed by atoms with Crippen molar-refractivity contribution in [2.24, 2.45) is 5.92 Å². The van der Waals surface area contributed by atoms with Crippen molar-refractivity contribution >= 4 is 22.6 Å². The number of para-hydroxylation sites is 2. The molecule has 0 radical (unpaired) electrons. The van der Waals surface area contributed by atoms with Crippen LogP contribution in [0.5, 0.6) is 0 Å². The minimum Gasteiger partial charge on any atom is -0.328 e. The Bertz CT molecular complexity index is 880. The van der Waals surface area contributed by atoms with Crippen LogP contribution in [-0.2, 0) is 24.2 Å². The summed E-state index contributed by atoms with van der Waals surface area (Å²) in [6, 6.07) is 16.3. The fraction of sp³-hybridized carbons (Fsp3) is 0.300. The van der Waals surface area contributed by atoms with E-state index in [1.54, 1.807) is 0 Å². The lowest BCUT2D eigenvalue weighted by Gasteiger charge is -2.23. The van der Waals surface area contributed by atoms with Crippen molar-refractivity contribution in [1.29, 1.82) is 0 Å². The van der Waals surface area contributed by atoms with E-state index in [1.807, 2.05) is 30.3 Å². The van der Waals surface area contributed by atoms with Gasteiger partial charge in [0.15, 0.2) is 0 Å². The zero-order valence-electron chi connectivity index (χ0n) is 13.8. The Balaban J connectivity index is 1.50. The molecule has 1 N–H and O–H groups in total. The Kier molecular flexibility index (Phi) is 3.81. The highest BCUT2D eigenvalue weighted by Crippen LogP contribution is 2.26. The number of imidazole rings is 1. The number of aromatic nitrogens is 2. The minimum absolute atomic E-state index is 0.0137. The average Bonchev–Trinajstić information content (AvgIpc) is 3.00. The molecular formula is C20H21N3O. The van der Waals surface area contributed by atoms with Crippen LogP contribution < -0.4 is 5.32 Å². The first-order valence-electron chi connectivity index (χ1n) is 8.58. The first kappa shape index (κ1) is 14.9. The number of amides is 1. The van der Waals surface area contributed by atoms with E-state index in [9.17, 15) is 4.79 Å². The topological polar surface area (TPSA) is 46.9 Å². The molecule has 1 aliphatic heterocycles. The molecule has 0 saturated heterocycles. The quantitative estimate of drug-likeness (QED) is 0.798. The first-order chi connectivity index (χ1) is 11.7. The second kappa shape index (κ2) is 6.11. The molecular weight excluding hydrogens is 298 g/mol. The Labute approximate surface area is 141 Å². The maximum atomic E-state index is 12.6. The van der Waals surface area contributed by atoms with Gasteiger partial charge in [0.25, 0.3) is 0 Å².